The summed E-state index contributed by atoms with van der Waals surface area (Å²) in [5.41, 5.74) is 1.40. The van der Waals surface area contributed by atoms with Crippen LogP contribution < -0.4 is 5.32 Å². The highest BCUT2D eigenvalue weighted by molar-refractivity contribution is 5.14. The number of hydrogen-bond acceptors (Lipinski definition) is 2. The zero-order chi connectivity index (χ0) is 11.1. The molecule has 1 heterocycles. The SMILES string of the molecule is c1ccc(CCCNCc2ncc[nH]2)cc1. The lowest BCUT2D eigenvalue weighted by molar-refractivity contribution is 0.633. The predicted octanol–water partition coefficient (Wildman–Crippen LogP) is 2.13. The van der Waals surface area contributed by atoms with Gasteiger partial charge in [0.25, 0.3) is 0 Å². The van der Waals surface area contributed by atoms with Gasteiger partial charge in [-0.2, -0.15) is 0 Å². The summed E-state index contributed by atoms with van der Waals surface area (Å²) in [5, 5.41) is 3.36. The number of nitrogens with zero attached hydrogens (tertiary/aromatic N) is 1. The smallest absolute Gasteiger partial charge is 0.120 e. The normalized spacial score (nSPS) is 10.5. The third-order valence-electron chi connectivity index (χ3n) is 2.51. The molecule has 0 saturated heterocycles. The lowest BCUT2D eigenvalue weighted by Gasteiger charge is -2.03. The highest BCUT2D eigenvalue weighted by Crippen LogP contribution is 2.01. The molecule has 1 aromatic carbocycles. The van der Waals surface area contributed by atoms with Gasteiger partial charge in [0.15, 0.2) is 0 Å². The molecular weight excluding hydrogens is 198 g/mol. The van der Waals surface area contributed by atoms with Crippen molar-refractivity contribution in [3.05, 3.63) is 54.1 Å². The zero-order valence-electron chi connectivity index (χ0n) is 9.32. The first-order valence-electron chi connectivity index (χ1n) is 5.68. The minimum absolute atomic E-state index is 0.821. The van der Waals surface area contributed by atoms with Gasteiger partial charge in [-0.05, 0) is 24.9 Å². The molecule has 0 fully saturated rings. The molecule has 2 N–H and O–H groups in total. The molecule has 3 nitrogen and oxygen atoms in total. The second-order valence-electron chi connectivity index (χ2n) is 3.80. The van der Waals surface area contributed by atoms with Crippen LogP contribution in [0.15, 0.2) is 42.7 Å². The van der Waals surface area contributed by atoms with Crippen LogP contribution in [0.3, 0.4) is 0 Å². The Morgan fingerprint density at radius 3 is 2.81 bits per heavy atom. The van der Waals surface area contributed by atoms with Crippen molar-refractivity contribution in [1.29, 1.82) is 0 Å². The van der Waals surface area contributed by atoms with Crippen LogP contribution in [0.5, 0.6) is 0 Å². The van der Waals surface area contributed by atoms with Crippen molar-refractivity contribution in [2.24, 2.45) is 0 Å². The standard InChI is InChI=1S/C13H17N3/c1-2-5-12(6-3-1)7-4-8-14-11-13-15-9-10-16-13/h1-3,5-6,9-10,14H,4,7-8,11H2,(H,15,16). The summed E-state index contributed by atoms with van der Waals surface area (Å²) in [6.45, 7) is 1.84. The Kier molecular flexibility index (Phi) is 4.14. The Balaban J connectivity index is 1.59. The number of benzene rings is 1. The Labute approximate surface area is 95.9 Å². The van der Waals surface area contributed by atoms with Crippen LogP contribution in [-0.2, 0) is 13.0 Å². The van der Waals surface area contributed by atoms with Crippen molar-refractivity contribution < 1.29 is 0 Å². The fourth-order valence-electron chi connectivity index (χ4n) is 1.66. The van der Waals surface area contributed by atoms with Crippen molar-refractivity contribution in [3.8, 4) is 0 Å². The summed E-state index contributed by atoms with van der Waals surface area (Å²) in [6.07, 6.45) is 5.92. The highest BCUT2D eigenvalue weighted by Gasteiger charge is 1.94. The van der Waals surface area contributed by atoms with E-state index in [-0.39, 0.29) is 0 Å². The topological polar surface area (TPSA) is 40.7 Å². The van der Waals surface area contributed by atoms with Crippen molar-refractivity contribution in [3.63, 3.8) is 0 Å². The maximum atomic E-state index is 4.15. The molecule has 0 amide bonds. The first kappa shape index (κ1) is 10.9. The number of aryl methyl sites for hydroxylation is 1. The molecule has 0 unspecified atom stereocenters. The van der Waals surface area contributed by atoms with Crippen LogP contribution in [0.25, 0.3) is 0 Å². The lowest BCUT2D eigenvalue weighted by atomic mass is 10.1. The fraction of sp³-hybridized carbons (Fsp3) is 0.308. The molecule has 3 heteroatoms. The van der Waals surface area contributed by atoms with Crippen molar-refractivity contribution in [1.82, 2.24) is 15.3 Å². The second kappa shape index (κ2) is 6.08. The van der Waals surface area contributed by atoms with Gasteiger partial charge in [-0.1, -0.05) is 30.3 Å². The van der Waals surface area contributed by atoms with Crippen LogP contribution in [0.2, 0.25) is 0 Å². The molecular formula is C13H17N3. The van der Waals surface area contributed by atoms with Gasteiger partial charge >= 0.3 is 0 Å². The highest BCUT2D eigenvalue weighted by atomic mass is 15.0. The van der Waals surface area contributed by atoms with E-state index in [2.05, 4.69) is 45.6 Å². The summed E-state index contributed by atoms with van der Waals surface area (Å²) < 4.78 is 0. The van der Waals surface area contributed by atoms with Gasteiger partial charge in [0.2, 0.25) is 0 Å². The average molecular weight is 215 g/mol. The van der Waals surface area contributed by atoms with Gasteiger partial charge in [0.05, 0.1) is 6.54 Å². The monoisotopic (exact) mass is 215 g/mol. The van der Waals surface area contributed by atoms with E-state index in [1.807, 2.05) is 6.20 Å². The van der Waals surface area contributed by atoms with Crippen LogP contribution in [-0.4, -0.2) is 16.5 Å². The van der Waals surface area contributed by atoms with E-state index in [1.165, 1.54) is 5.56 Å². The molecule has 0 saturated carbocycles. The average Bonchev–Trinajstić information content (AvgIpc) is 2.83. The van der Waals surface area contributed by atoms with Crippen LogP contribution >= 0.6 is 0 Å². The maximum Gasteiger partial charge on any atom is 0.120 e. The Hall–Kier alpha value is -1.61. The van der Waals surface area contributed by atoms with Crippen LogP contribution in [0, 0.1) is 0 Å². The van der Waals surface area contributed by atoms with E-state index in [0.29, 0.717) is 0 Å². The Morgan fingerprint density at radius 1 is 1.19 bits per heavy atom. The van der Waals surface area contributed by atoms with E-state index < -0.39 is 0 Å². The molecule has 0 bridgehead atoms. The molecule has 2 aromatic rings. The summed E-state index contributed by atoms with van der Waals surface area (Å²) in [5.74, 6) is 1.000. The van der Waals surface area contributed by atoms with E-state index >= 15 is 0 Å². The Bertz CT molecular complexity index is 381. The molecule has 0 aliphatic carbocycles. The van der Waals surface area contributed by atoms with E-state index in [1.54, 1.807) is 6.20 Å². The summed E-state index contributed by atoms with van der Waals surface area (Å²) in [6, 6.07) is 10.6. The maximum absolute atomic E-state index is 4.15. The largest absolute Gasteiger partial charge is 0.348 e. The molecule has 0 spiro atoms. The minimum Gasteiger partial charge on any atom is -0.348 e. The summed E-state index contributed by atoms with van der Waals surface area (Å²) in [4.78, 5) is 7.23. The molecule has 84 valence electrons. The van der Waals surface area contributed by atoms with Gasteiger partial charge in [0, 0.05) is 12.4 Å². The molecule has 0 atom stereocenters. The second-order valence-corrected chi connectivity index (χ2v) is 3.80. The van der Waals surface area contributed by atoms with Crippen LogP contribution in [0.1, 0.15) is 17.8 Å². The third kappa shape index (κ3) is 3.51. The van der Waals surface area contributed by atoms with Gasteiger partial charge in [0.1, 0.15) is 5.82 Å². The third-order valence-corrected chi connectivity index (χ3v) is 2.51. The number of aromatic amines is 1. The van der Waals surface area contributed by atoms with Crippen molar-refractivity contribution in [2.45, 2.75) is 19.4 Å². The lowest BCUT2D eigenvalue weighted by Crippen LogP contribution is -2.16. The first-order valence-corrected chi connectivity index (χ1v) is 5.68. The van der Waals surface area contributed by atoms with Gasteiger partial charge in [-0.15, -0.1) is 0 Å². The number of H-pyrrole nitrogens is 1. The number of imidazole rings is 1. The summed E-state index contributed by atoms with van der Waals surface area (Å²) in [7, 11) is 0. The zero-order valence-corrected chi connectivity index (χ0v) is 9.32. The molecule has 0 aliphatic heterocycles. The summed E-state index contributed by atoms with van der Waals surface area (Å²) >= 11 is 0. The van der Waals surface area contributed by atoms with Gasteiger partial charge in [-0.25, -0.2) is 4.98 Å². The number of aromatic nitrogens is 2. The van der Waals surface area contributed by atoms with Crippen molar-refractivity contribution in [2.75, 3.05) is 6.54 Å². The first-order chi connectivity index (χ1) is 7.95. The minimum atomic E-state index is 0.821. The number of rotatable bonds is 6. The fourth-order valence-corrected chi connectivity index (χ4v) is 1.66. The molecule has 2 rings (SSSR count). The van der Waals surface area contributed by atoms with Gasteiger partial charge in [-0.3, -0.25) is 0 Å². The Morgan fingerprint density at radius 2 is 2.06 bits per heavy atom. The molecule has 1 aromatic heterocycles. The van der Waals surface area contributed by atoms with Gasteiger partial charge < -0.3 is 10.3 Å². The quantitative estimate of drug-likeness (QED) is 0.725. The number of nitrogens with one attached hydrogen (secondary N) is 2. The number of hydrogen-bond donors (Lipinski definition) is 2. The predicted molar refractivity (Wildman–Crippen MR) is 65.1 cm³/mol. The van der Waals surface area contributed by atoms with Crippen LogP contribution in [0.4, 0.5) is 0 Å². The van der Waals surface area contributed by atoms with Crippen molar-refractivity contribution >= 4 is 0 Å². The molecule has 16 heavy (non-hydrogen) atoms. The molecule has 0 aliphatic rings. The van der Waals surface area contributed by atoms with E-state index in [4.69, 9.17) is 0 Å². The molecule has 0 radical (unpaired) electrons. The van der Waals surface area contributed by atoms with E-state index in [9.17, 15) is 0 Å². The van der Waals surface area contributed by atoms with E-state index in [0.717, 1.165) is 31.8 Å².